The molecular formula is C15H23NO3S. The van der Waals surface area contributed by atoms with E-state index in [2.05, 4.69) is 11.6 Å². The molecule has 1 unspecified atom stereocenters. The minimum Gasteiger partial charge on any atom is -0.388 e. The molecule has 0 bridgehead atoms. The lowest BCUT2D eigenvalue weighted by atomic mass is 9.71. The van der Waals surface area contributed by atoms with Gasteiger partial charge < -0.3 is 5.11 Å². The molecule has 0 saturated heterocycles. The summed E-state index contributed by atoms with van der Waals surface area (Å²) in [6, 6.07) is 6.55. The normalized spacial score (nSPS) is 19.4. The molecule has 2 N–H and O–H groups in total. The molecule has 5 heteroatoms. The summed E-state index contributed by atoms with van der Waals surface area (Å²) < 4.78 is 27.3. The van der Waals surface area contributed by atoms with Crippen molar-refractivity contribution in [3.63, 3.8) is 0 Å². The molecule has 2 rings (SSSR count). The van der Waals surface area contributed by atoms with Crippen LogP contribution in [0.1, 0.15) is 51.2 Å². The van der Waals surface area contributed by atoms with Crippen molar-refractivity contribution in [2.45, 2.75) is 50.5 Å². The third-order valence-corrected chi connectivity index (χ3v) is 5.59. The summed E-state index contributed by atoms with van der Waals surface area (Å²) >= 11 is 0. The van der Waals surface area contributed by atoms with E-state index in [1.54, 1.807) is 24.3 Å². The van der Waals surface area contributed by atoms with Gasteiger partial charge in [0.25, 0.3) is 0 Å². The van der Waals surface area contributed by atoms with Crippen LogP contribution in [0.3, 0.4) is 0 Å². The first kappa shape index (κ1) is 15.5. The molecule has 1 atom stereocenters. The number of rotatable bonds is 6. The number of hydrogen-bond acceptors (Lipinski definition) is 3. The molecule has 1 saturated carbocycles. The number of sulfonamides is 1. The summed E-state index contributed by atoms with van der Waals surface area (Å²) in [4.78, 5) is 0.227. The molecule has 112 valence electrons. The van der Waals surface area contributed by atoms with Crippen molar-refractivity contribution in [3.8, 4) is 0 Å². The van der Waals surface area contributed by atoms with Gasteiger partial charge in [-0.2, -0.15) is 0 Å². The maximum atomic E-state index is 12.3. The first-order chi connectivity index (χ1) is 9.36. The fourth-order valence-electron chi connectivity index (χ4n) is 2.43. The Hall–Kier alpha value is -0.910. The van der Waals surface area contributed by atoms with Crippen LogP contribution in [-0.2, 0) is 10.0 Å². The van der Waals surface area contributed by atoms with Gasteiger partial charge in [0.05, 0.1) is 11.0 Å². The van der Waals surface area contributed by atoms with E-state index < -0.39 is 16.1 Å². The molecule has 1 aliphatic rings. The van der Waals surface area contributed by atoms with Crippen LogP contribution in [0.4, 0.5) is 0 Å². The quantitative estimate of drug-likeness (QED) is 0.848. The van der Waals surface area contributed by atoms with Gasteiger partial charge in [-0.25, -0.2) is 13.1 Å². The van der Waals surface area contributed by atoms with Crippen molar-refractivity contribution in [1.82, 2.24) is 4.72 Å². The second kappa shape index (κ2) is 5.84. The van der Waals surface area contributed by atoms with Gasteiger partial charge in [0.2, 0.25) is 10.0 Å². The molecule has 0 heterocycles. The molecule has 0 aromatic heterocycles. The van der Waals surface area contributed by atoms with Crippen LogP contribution < -0.4 is 4.72 Å². The van der Waals surface area contributed by atoms with Crippen molar-refractivity contribution in [2.24, 2.45) is 5.41 Å². The largest absolute Gasteiger partial charge is 0.388 e. The molecular weight excluding hydrogens is 274 g/mol. The van der Waals surface area contributed by atoms with Gasteiger partial charge in [-0.3, -0.25) is 0 Å². The standard InChI is InChI=1S/C15H23NO3S/c1-3-14(17)12-6-4-7-13(10-12)20(18,19)16-11-15(2)8-5-9-15/h4,6-7,10,14,16-17H,3,5,8-9,11H2,1-2H3. The molecule has 20 heavy (non-hydrogen) atoms. The Labute approximate surface area is 121 Å². The van der Waals surface area contributed by atoms with Gasteiger partial charge in [-0.05, 0) is 42.4 Å². The zero-order valence-electron chi connectivity index (χ0n) is 12.1. The van der Waals surface area contributed by atoms with E-state index in [0.29, 0.717) is 18.5 Å². The van der Waals surface area contributed by atoms with Gasteiger partial charge in [0.15, 0.2) is 0 Å². The molecule has 1 aliphatic carbocycles. The van der Waals surface area contributed by atoms with Crippen LogP contribution in [-0.4, -0.2) is 20.1 Å². The highest BCUT2D eigenvalue weighted by molar-refractivity contribution is 7.89. The highest BCUT2D eigenvalue weighted by atomic mass is 32.2. The van der Waals surface area contributed by atoms with Crippen molar-refractivity contribution >= 4 is 10.0 Å². The molecule has 0 aliphatic heterocycles. The first-order valence-corrected chi connectivity index (χ1v) is 8.62. The topological polar surface area (TPSA) is 66.4 Å². The molecule has 1 fully saturated rings. The van der Waals surface area contributed by atoms with Crippen molar-refractivity contribution in [1.29, 1.82) is 0 Å². The number of benzene rings is 1. The summed E-state index contributed by atoms with van der Waals surface area (Å²) in [6.45, 7) is 4.45. The Balaban J connectivity index is 2.12. The van der Waals surface area contributed by atoms with E-state index >= 15 is 0 Å². The second-order valence-electron chi connectivity index (χ2n) is 5.99. The van der Waals surface area contributed by atoms with Gasteiger partial charge >= 0.3 is 0 Å². The lowest BCUT2D eigenvalue weighted by Gasteiger charge is -2.38. The lowest BCUT2D eigenvalue weighted by Crippen LogP contribution is -2.39. The second-order valence-corrected chi connectivity index (χ2v) is 7.75. The van der Waals surface area contributed by atoms with Gasteiger partial charge in [-0.1, -0.05) is 32.4 Å². The van der Waals surface area contributed by atoms with Gasteiger partial charge in [0, 0.05) is 6.54 Å². The maximum absolute atomic E-state index is 12.3. The van der Waals surface area contributed by atoms with Gasteiger partial charge in [0.1, 0.15) is 0 Å². The van der Waals surface area contributed by atoms with E-state index in [-0.39, 0.29) is 10.3 Å². The smallest absolute Gasteiger partial charge is 0.240 e. The van der Waals surface area contributed by atoms with Gasteiger partial charge in [-0.15, -0.1) is 0 Å². The maximum Gasteiger partial charge on any atom is 0.240 e. The number of nitrogens with one attached hydrogen (secondary N) is 1. The predicted octanol–water partition coefficient (Wildman–Crippen LogP) is 2.60. The van der Waals surface area contributed by atoms with Crippen molar-refractivity contribution in [2.75, 3.05) is 6.54 Å². The van der Waals surface area contributed by atoms with E-state index in [0.717, 1.165) is 12.8 Å². The fourth-order valence-corrected chi connectivity index (χ4v) is 3.69. The molecule has 1 aromatic rings. The monoisotopic (exact) mass is 297 g/mol. The Morgan fingerprint density at radius 3 is 2.65 bits per heavy atom. The summed E-state index contributed by atoms with van der Waals surface area (Å²) in [5.41, 5.74) is 0.749. The molecule has 0 radical (unpaired) electrons. The van der Waals surface area contributed by atoms with E-state index in [1.165, 1.54) is 6.42 Å². The molecule has 0 amide bonds. The summed E-state index contributed by atoms with van der Waals surface area (Å²) in [6.07, 6.45) is 3.27. The van der Waals surface area contributed by atoms with Crippen LogP contribution in [0.25, 0.3) is 0 Å². The van der Waals surface area contributed by atoms with Crippen LogP contribution >= 0.6 is 0 Å². The van der Waals surface area contributed by atoms with Crippen LogP contribution in [0, 0.1) is 5.41 Å². The van der Waals surface area contributed by atoms with Crippen molar-refractivity contribution in [3.05, 3.63) is 29.8 Å². The fraction of sp³-hybridized carbons (Fsp3) is 0.600. The third-order valence-electron chi connectivity index (χ3n) is 4.19. The van der Waals surface area contributed by atoms with E-state index in [1.807, 2.05) is 6.92 Å². The van der Waals surface area contributed by atoms with E-state index in [4.69, 9.17) is 0 Å². The Morgan fingerprint density at radius 1 is 1.40 bits per heavy atom. The first-order valence-electron chi connectivity index (χ1n) is 7.14. The summed E-state index contributed by atoms with van der Waals surface area (Å²) in [5, 5.41) is 9.81. The minimum absolute atomic E-state index is 0.105. The number of aliphatic hydroxyl groups is 1. The SMILES string of the molecule is CCC(O)c1cccc(S(=O)(=O)NCC2(C)CCC2)c1. The average Bonchev–Trinajstić information content (AvgIpc) is 2.42. The molecule has 0 spiro atoms. The predicted molar refractivity (Wildman–Crippen MR) is 78.8 cm³/mol. The third kappa shape index (κ3) is 3.40. The summed E-state index contributed by atoms with van der Waals surface area (Å²) in [5.74, 6) is 0. The Kier molecular flexibility index (Phi) is 4.52. The lowest BCUT2D eigenvalue weighted by molar-refractivity contribution is 0.166. The van der Waals surface area contributed by atoms with E-state index in [9.17, 15) is 13.5 Å². The Bertz CT molecular complexity index is 564. The van der Waals surface area contributed by atoms with Crippen LogP contribution in [0.5, 0.6) is 0 Å². The number of hydrogen-bond donors (Lipinski definition) is 2. The average molecular weight is 297 g/mol. The highest BCUT2D eigenvalue weighted by Crippen LogP contribution is 2.39. The highest BCUT2D eigenvalue weighted by Gasteiger charge is 2.33. The number of aliphatic hydroxyl groups excluding tert-OH is 1. The summed E-state index contributed by atoms with van der Waals surface area (Å²) in [7, 11) is -3.50. The van der Waals surface area contributed by atoms with Crippen molar-refractivity contribution < 1.29 is 13.5 Å². The zero-order valence-corrected chi connectivity index (χ0v) is 12.9. The zero-order chi connectivity index (χ0) is 14.8. The molecule has 1 aromatic carbocycles. The van der Waals surface area contributed by atoms with Crippen LogP contribution in [0.2, 0.25) is 0 Å². The molecule has 4 nitrogen and oxygen atoms in total. The Morgan fingerprint density at radius 2 is 2.10 bits per heavy atom. The van der Waals surface area contributed by atoms with Crippen LogP contribution in [0.15, 0.2) is 29.2 Å². The minimum atomic E-state index is -3.50.